The van der Waals surface area contributed by atoms with E-state index in [0.29, 0.717) is 12.6 Å². The summed E-state index contributed by atoms with van der Waals surface area (Å²) >= 11 is 1.81. The van der Waals surface area contributed by atoms with Crippen molar-refractivity contribution in [1.82, 2.24) is 14.7 Å². The Hall–Kier alpha value is -1.17. The van der Waals surface area contributed by atoms with Crippen molar-refractivity contribution in [3.8, 4) is 0 Å². The predicted molar refractivity (Wildman–Crippen MR) is 80.3 cm³/mol. The van der Waals surface area contributed by atoms with E-state index in [-0.39, 0.29) is 6.04 Å². The SMILES string of the molecule is CC(Cc1cccs1)N(C)C(CN)c1cnn(C)c1. The molecule has 2 N–H and O–H groups in total. The first-order valence-electron chi connectivity index (χ1n) is 6.54. The maximum atomic E-state index is 5.95. The molecule has 2 unspecified atom stereocenters. The highest BCUT2D eigenvalue weighted by Gasteiger charge is 2.21. The average Bonchev–Trinajstić information content (AvgIpc) is 3.02. The van der Waals surface area contributed by atoms with E-state index in [2.05, 4.69) is 41.5 Å². The second-order valence-corrected chi connectivity index (χ2v) is 6.03. The Morgan fingerprint density at radius 1 is 1.53 bits per heavy atom. The molecule has 0 fully saturated rings. The van der Waals surface area contributed by atoms with Gasteiger partial charge < -0.3 is 5.73 Å². The second kappa shape index (κ2) is 6.32. The Morgan fingerprint density at radius 3 is 2.84 bits per heavy atom. The molecule has 0 aliphatic heterocycles. The minimum Gasteiger partial charge on any atom is -0.329 e. The van der Waals surface area contributed by atoms with Crippen LogP contribution in [0.4, 0.5) is 0 Å². The smallest absolute Gasteiger partial charge is 0.0538 e. The van der Waals surface area contributed by atoms with Gasteiger partial charge in [0.2, 0.25) is 0 Å². The topological polar surface area (TPSA) is 47.1 Å². The molecule has 0 saturated carbocycles. The van der Waals surface area contributed by atoms with Crippen LogP contribution in [0.15, 0.2) is 29.9 Å². The van der Waals surface area contributed by atoms with E-state index in [1.165, 1.54) is 10.4 Å². The van der Waals surface area contributed by atoms with Gasteiger partial charge in [0.25, 0.3) is 0 Å². The molecule has 0 saturated heterocycles. The van der Waals surface area contributed by atoms with Crippen molar-refractivity contribution in [2.75, 3.05) is 13.6 Å². The lowest BCUT2D eigenvalue weighted by molar-refractivity contribution is 0.188. The molecule has 0 spiro atoms. The zero-order chi connectivity index (χ0) is 13.8. The number of hydrogen-bond acceptors (Lipinski definition) is 4. The standard InChI is InChI=1S/C14H22N4S/c1-11(7-13-5-4-6-19-13)18(3)14(8-15)12-9-16-17(2)10-12/h4-6,9-11,14H,7-8,15H2,1-3H3. The number of aryl methyl sites for hydroxylation is 1. The molecule has 104 valence electrons. The van der Waals surface area contributed by atoms with Crippen LogP contribution < -0.4 is 5.73 Å². The Morgan fingerprint density at radius 2 is 2.32 bits per heavy atom. The molecule has 0 aromatic carbocycles. The Kier molecular flexibility index (Phi) is 4.74. The van der Waals surface area contributed by atoms with Crippen LogP contribution in [-0.2, 0) is 13.5 Å². The summed E-state index contributed by atoms with van der Waals surface area (Å²) in [5.74, 6) is 0. The summed E-state index contributed by atoms with van der Waals surface area (Å²) in [4.78, 5) is 3.76. The van der Waals surface area contributed by atoms with Crippen molar-refractivity contribution in [3.05, 3.63) is 40.3 Å². The highest BCUT2D eigenvalue weighted by Crippen LogP contribution is 2.22. The van der Waals surface area contributed by atoms with E-state index in [0.717, 1.165) is 6.42 Å². The number of likely N-dealkylation sites (N-methyl/N-ethyl adjacent to an activating group) is 1. The lowest BCUT2D eigenvalue weighted by Gasteiger charge is -2.31. The van der Waals surface area contributed by atoms with Crippen LogP contribution in [0, 0.1) is 0 Å². The Bertz CT molecular complexity index is 491. The van der Waals surface area contributed by atoms with Crippen LogP contribution in [0.2, 0.25) is 0 Å². The third-order valence-electron chi connectivity index (χ3n) is 3.60. The fourth-order valence-electron chi connectivity index (χ4n) is 2.32. The number of nitrogens with zero attached hydrogens (tertiary/aromatic N) is 3. The van der Waals surface area contributed by atoms with Crippen molar-refractivity contribution in [1.29, 1.82) is 0 Å². The quantitative estimate of drug-likeness (QED) is 0.879. The van der Waals surface area contributed by atoms with Crippen molar-refractivity contribution in [3.63, 3.8) is 0 Å². The molecule has 0 bridgehead atoms. The molecule has 2 aromatic heterocycles. The molecule has 2 atom stereocenters. The first-order chi connectivity index (χ1) is 9.11. The fourth-order valence-corrected chi connectivity index (χ4v) is 3.15. The first-order valence-corrected chi connectivity index (χ1v) is 7.42. The first kappa shape index (κ1) is 14.2. The number of nitrogens with two attached hydrogens (primary N) is 1. The summed E-state index contributed by atoms with van der Waals surface area (Å²) in [5, 5.41) is 6.37. The molecule has 2 heterocycles. The molecule has 0 aliphatic rings. The highest BCUT2D eigenvalue weighted by molar-refractivity contribution is 7.09. The van der Waals surface area contributed by atoms with Crippen LogP contribution in [-0.4, -0.2) is 34.3 Å². The number of hydrogen-bond donors (Lipinski definition) is 1. The third-order valence-corrected chi connectivity index (χ3v) is 4.50. The molecule has 0 amide bonds. The van der Waals surface area contributed by atoms with Crippen molar-refractivity contribution >= 4 is 11.3 Å². The fraction of sp³-hybridized carbons (Fsp3) is 0.500. The maximum absolute atomic E-state index is 5.95. The van der Waals surface area contributed by atoms with E-state index in [9.17, 15) is 0 Å². The summed E-state index contributed by atoms with van der Waals surface area (Å²) < 4.78 is 1.83. The van der Waals surface area contributed by atoms with Gasteiger partial charge in [-0.2, -0.15) is 5.10 Å². The summed E-state index contributed by atoms with van der Waals surface area (Å²) in [6, 6.07) is 4.97. The molecule has 19 heavy (non-hydrogen) atoms. The molecule has 5 heteroatoms. The van der Waals surface area contributed by atoms with E-state index in [1.807, 2.05) is 35.5 Å². The minimum atomic E-state index is 0.226. The van der Waals surface area contributed by atoms with Crippen LogP contribution >= 0.6 is 11.3 Å². The lowest BCUT2D eigenvalue weighted by atomic mass is 10.1. The van der Waals surface area contributed by atoms with Gasteiger partial charge in [0.15, 0.2) is 0 Å². The van der Waals surface area contributed by atoms with Crippen LogP contribution in [0.1, 0.15) is 23.4 Å². The molecule has 4 nitrogen and oxygen atoms in total. The van der Waals surface area contributed by atoms with Gasteiger partial charge in [-0.3, -0.25) is 9.58 Å². The lowest BCUT2D eigenvalue weighted by Crippen LogP contribution is -2.38. The van der Waals surface area contributed by atoms with Gasteiger partial charge in [-0.25, -0.2) is 0 Å². The molecule has 2 rings (SSSR count). The van der Waals surface area contributed by atoms with Crippen LogP contribution in [0.3, 0.4) is 0 Å². The van der Waals surface area contributed by atoms with Gasteiger partial charge in [-0.1, -0.05) is 6.07 Å². The monoisotopic (exact) mass is 278 g/mol. The summed E-state index contributed by atoms with van der Waals surface area (Å²) in [6.07, 6.45) is 5.02. The van der Waals surface area contributed by atoms with Gasteiger partial charge in [-0.15, -0.1) is 11.3 Å². The molecule has 0 aliphatic carbocycles. The Balaban J connectivity index is 2.05. The zero-order valence-electron chi connectivity index (χ0n) is 11.8. The van der Waals surface area contributed by atoms with E-state index < -0.39 is 0 Å². The Labute approximate surface area is 118 Å². The van der Waals surface area contributed by atoms with E-state index in [4.69, 9.17) is 5.73 Å². The van der Waals surface area contributed by atoms with Gasteiger partial charge in [-0.05, 0) is 31.8 Å². The van der Waals surface area contributed by atoms with Gasteiger partial charge >= 0.3 is 0 Å². The van der Waals surface area contributed by atoms with Crippen molar-refractivity contribution < 1.29 is 0 Å². The number of rotatable bonds is 6. The second-order valence-electron chi connectivity index (χ2n) is 5.00. The third kappa shape index (κ3) is 3.43. The highest BCUT2D eigenvalue weighted by atomic mass is 32.1. The molecule has 0 radical (unpaired) electrons. The van der Waals surface area contributed by atoms with Crippen molar-refractivity contribution in [2.24, 2.45) is 12.8 Å². The number of thiophene rings is 1. The van der Waals surface area contributed by atoms with Crippen LogP contribution in [0.5, 0.6) is 0 Å². The summed E-state index contributed by atoms with van der Waals surface area (Å²) in [5.41, 5.74) is 7.14. The van der Waals surface area contributed by atoms with Gasteiger partial charge in [0.1, 0.15) is 0 Å². The largest absolute Gasteiger partial charge is 0.329 e. The molecular formula is C14H22N4S. The average molecular weight is 278 g/mol. The minimum absolute atomic E-state index is 0.226. The number of aromatic nitrogens is 2. The normalized spacial score (nSPS) is 14.8. The van der Waals surface area contributed by atoms with Crippen molar-refractivity contribution in [2.45, 2.75) is 25.4 Å². The van der Waals surface area contributed by atoms with E-state index >= 15 is 0 Å². The zero-order valence-corrected chi connectivity index (χ0v) is 12.6. The summed E-state index contributed by atoms with van der Waals surface area (Å²) in [6.45, 7) is 2.86. The molecular weight excluding hydrogens is 256 g/mol. The van der Waals surface area contributed by atoms with E-state index in [1.54, 1.807) is 0 Å². The van der Waals surface area contributed by atoms with Crippen LogP contribution in [0.25, 0.3) is 0 Å². The molecule has 2 aromatic rings. The van der Waals surface area contributed by atoms with Gasteiger partial charge in [0, 0.05) is 36.3 Å². The maximum Gasteiger partial charge on any atom is 0.0538 e. The van der Waals surface area contributed by atoms with Gasteiger partial charge in [0.05, 0.1) is 12.2 Å². The summed E-state index contributed by atoms with van der Waals surface area (Å²) in [7, 11) is 4.08. The predicted octanol–water partition coefficient (Wildman–Crippen LogP) is 2.04.